The standard InChI is InChI=1S/C13H17N3O3S2/c1-2-16-9-3-4-11(16)13(17)15-8-7-10-5-6-12(20-10)21(14,18)19/h3-6,9H,2,7-8H2,1H3,(H,15,17)(H2,14,18,19). The molecular formula is C13H17N3O3S2. The Labute approximate surface area is 127 Å². The number of hydrogen-bond acceptors (Lipinski definition) is 4. The molecule has 0 unspecified atom stereocenters. The van der Waals surface area contributed by atoms with Crippen LogP contribution in [0.5, 0.6) is 0 Å². The van der Waals surface area contributed by atoms with E-state index in [1.54, 1.807) is 12.1 Å². The van der Waals surface area contributed by atoms with Crippen LogP contribution in [0.4, 0.5) is 0 Å². The molecule has 1 amide bonds. The average molecular weight is 327 g/mol. The summed E-state index contributed by atoms with van der Waals surface area (Å²) in [6.07, 6.45) is 2.42. The molecular weight excluding hydrogens is 310 g/mol. The molecule has 0 saturated heterocycles. The molecule has 2 aromatic rings. The van der Waals surface area contributed by atoms with E-state index in [0.29, 0.717) is 18.7 Å². The van der Waals surface area contributed by atoms with Crippen molar-refractivity contribution in [2.75, 3.05) is 6.54 Å². The first kappa shape index (κ1) is 15.7. The number of nitrogens with one attached hydrogen (secondary N) is 1. The van der Waals surface area contributed by atoms with Crippen molar-refractivity contribution in [1.82, 2.24) is 9.88 Å². The summed E-state index contributed by atoms with van der Waals surface area (Å²) in [6, 6.07) is 6.80. The lowest BCUT2D eigenvalue weighted by molar-refractivity contribution is 0.0945. The summed E-state index contributed by atoms with van der Waals surface area (Å²) < 4.78 is 24.3. The maximum Gasteiger partial charge on any atom is 0.267 e. The summed E-state index contributed by atoms with van der Waals surface area (Å²) in [4.78, 5) is 12.9. The van der Waals surface area contributed by atoms with Crippen LogP contribution in [0.3, 0.4) is 0 Å². The van der Waals surface area contributed by atoms with E-state index in [-0.39, 0.29) is 10.1 Å². The zero-order valence-corrected chi connectivity index (χ0v) is 13.2. The number of sulfonamides is 1. The minimum atomic E-state index is -3.64. The monoisotopic (exact) mass is 327 g/mol. The zero-order chi connectivity index (χ0) is 15.5. The molecule has 0 aromatic carbocycles. The van der Waals surface area contributed by atoms with Crippen molar-refractivity contribution < 1.29 is 13.2 Å². The molecule has 0 aliphatic carbocycles. The first-order valence-electron chi connectivity index (χ1n) is 6.46. The SMILES string of the molecule is CCn1cccc1C(=O)NCCc1ccc(S(N)(=O)=O)s1. The molecule has 2 aromatic heterocycles. The number of carbonyl (C=O) groups is 1. The van der Waals surface area contributed by atoms with Crippen LogP contribution in [-0.2, 0) is 23.0 Å². The summed E-state index contributed by atoms with van der Waals surface area (Å²) in [5.74, 6) is -0.134. The third kappa shape index (κ3) is 3.93. The molecule has 114 valence electrons. The average Bonchev–Trinajstić information content (AvgIpc) is 3.06. The highest BCUT2D eigenvalue weighted by Gasteiger charge is 2.12. The van der Waals surface area contributed by atoms with Crippen molar-refractivity contribution >= 4 is 27.3 Å². The number of nitrogens with two attached hydrogens (primary N) is 1. The van der Waals surface area contributed by atoms with Crippen molar-refractivity contribution in [2.24, 2.45) is 5.14 Å². The van der Waals surface area contributed by atoms with Gasteiger partial charge in [-0.1, -0.05) is 0 Å². The maximum atomic E-state index is 12.0. The van der Waals surface area contributed by atoms with Gasteiger partial charge in [0.1, 0.15) is 9.90 Å². The Morgan fingerprint density at radius 1 is 1.38 bits per heavy atom. The Morgan fingerprint density at radius 2 is 2.14 bits per heavy atom. The Balaban J connectivity index is 1.90. The lowest BCUT2D eigenvalue weighted by Gasteiger charge is -2.07. The summed E-state index contributed by atoms with van der Waals surface area (Å²) >= 11 is 1.13. The predicted molar refractivity (Wildman–Crippen MR) is 81.8 cm³/mol. The van der Waals surface area contributed by atoms with Gasteiger partial charge in [-0.25, -0.2) is 13.6 Å². The molecule has 2 heterocycles. The Bertz CT molecular complexity index is 731. The number of carbonyl (C=O) groups excluding carboxylic acids is 1. The van der Waals surface area contributed by atoms with Gasteiger partial charge in [0.05, 0.1) is 0 Å². The van der Waals surface area contributed by atoms with Crippen molar-refractivity contribution in [2.45, 2.75) is 24.1 Å². The highest BCUT2D eigenvalue weighted by molar-refractivity contribution is 7.91. The van der Waals surface area contributed by atoms with E-state index in [2.05, 4.69) is 5.32 Å². The fourth-order valence-corrected chi connectivity index (χ4v) is 3.71. The summed E-state index contributed by atoms with van der Waals surface area (Å²) in [6.45, 7) is 3.15. The number of thiophene rings is 1. The lowest BCUT2D eigenvalue weighted by Crippen LogP contribution is -2.27. The normalized spacial score (nSPS) is 11.5. The van der Waals surface area contributed by atoms with Gasteiger partial charge in [0, 0.05) is 24.2 Å². The van der Waals surface area contributed by atoms with Gasteiger partial charge >= 0.3 is 0 Å². The van der Waals surface area contributed by atoms with E-state index in [0.717, 1.165) is 22.8 Å². The Hall–Kier alpha value is -1.64. The van der Waals surface area contributed by atoms with Gasteiger partial charge in [0.25, 0.3) is 5.91 Å². The van der Waals surface area contributed by atoms with Crippen molar-refractivity contribution in [3.05, 3.63) is 41.0 Å². The van der Waals surface area contributed by atoms with Gasteiger partial charge < -0.3 is 9.88 Å². The third-order valence-corrected chi connectivity index (χ3v) is 5.56. The molecule has 0 spiro atoms. The van der Waals surface area contributed by atoms with Crippen LogP contribution in [0.15, 0.2) is 34.7 Å². The molecule has 2 rings (SSSR count). The minimum absolute atomic E-state index is 0.134. The molecule has 0 aliphatic rings. The number of amides is 1. The molecule has 0 atom stereocenters. The molecule has 3 N–H and O–H groups in total. The van der Waals surface area contributed by atoms with Gasteiger partial charge in [-0.05, 0) is 37.6 Å². The van der Waals surface area contributed by atoms with E-state index in [9.17, 15) is 13.2 Å². The number of primary sulfonamides is 1. The number of nitrogens with zero attached hydrogens (tertiary/aromatic N) is 1. The van der Waals surface area contributed by atoms with Crippen LogP contribution in [0.2, 0.25) is 0 Å². The molecule has 0 saturated carbocycles. The lowest BCUT2D eigenvalue weighted by atomic mass is 10.3. The number of rotatable bonds is 6. The van der Waals surface area contributed by atoms with Gasteiger partial charge in [0.2, 0.25) is 10.0 Å². The molecule has 0 bridgehead atoms. The van der Waals surface area contributed by atoms with Gasteiger partial charge in [-0.15, -0.1) is 11.3 Å². The number of aryl methyl sites for hydroxylation is 1. The second-order valence-corrected chi connectivity index (χ2v) is 7.41. The topological polar surface area (TPSA) is 94.2 Å². The second-order valence-electron chi connectivity index (χ2n) is 4.45. The second kappa shape index (κ2) is 6.42. The molecule has 6 nitrogen and oxygen atoms in total. The molecule has 8 heteroatoms. The van der Waals surface area contributed by atoms with Gasteiger partial charge in [-0.3, -0.25) is 4.79 Å². The largest absolute Gasteiger partial charge is 0.350 e. The number of aromatic nitrogens is 1. The van der Waals surface area contributed by atoms with Crippen molar-refractivity contribution in [1.29, 1.82) is 0 Å². The van der Waals surface area contributed by atoms with E-state index in [1.807, 2.05) is 23.8 Å². The molecule has 0 fully saturated rings. The Morgan fingerprint density at radius 3 is 2.76 bits per heavy atom. The van der Waals surface area contributed by atoms with Crippen LogP contribution < -0.4 is 10.5 Å². The highest BCUT2D eigenvalue weighted by atomic mass is 32.2. The minimum Gasteiger partial charge on any atom is -0.350 e. The van der Waals surface area contributed by atoms with E-state index in [4.69, 9.17) is 5.14 Å². The van der Waals surface area contributed by atoms with Crippen LogP contribution >= 0.6 is 11.3 Å². The van der Waals surface area contributed by atoms with Crippen LogP contribution in [-0.4, -0.2) is 25.4 Å². The third-order valence-electron chi connectivity index (χ3n) is 2.98. The summed E-state index contributed by atoms with van der Waals surface area (Å²) in [5, 5.41) is 7.88. The smallest absolute Gasteiger partial charge is 0.267 e. The molecule has 0 aliphatic heterocycles. The predicted octanol–water partition coefficient (Wildman–Crippen LogP) is 1.19. The van der Waals surface area contributed by atoms with E-state index < -0.39 is 10.0 Å². The molecule has 0 radical (unpaired) electrons. The fraction of sp³-hybridized carbons (Fsp3) is 0.308. The van der Waals surface area contributed by atoms with Crippen LogP contribution in [0.25, 0.3) is 0 Å². The molecule has 21 heavy (non-hydrogen) atoms. The van der Waals surface area contributed by atoms with Crippen molar-refractivity contribution in [3.63, 3.8) is 0 Å². The van der Waals surface area contributed by atoms with E-state index >= 15 is 0 Å². The first-order chi connectivity index (χ1) is 9.91. The van der Waals surface area contributed by atoms with Crippen LogP contribution in [0.1, 0.15) is 22.3 Å². The summed E-state index contributed by atoms with van der Waals surface area (Å²) in [7, 11) is -3.64. The van der Waals surface area contributed by atoms with Crippen molar-refractivity contribution in [3.8, 4) is 0 Å². The van der Waals surface area contributed by atoms with E-state index in [1.165, 1.54) is 6.07 Å². The maximum absolute atomic E-state index is 12.0. The van der Waals surface area contributed by atoms with Gasteiger partial charge in [-0.2, -0.15) is 0 Å². The number of hydrogen-bond donors (Lipinski definition) is 2. The first-order valence-corrected chi connectivity index (χ1v) is 8.83. The van der Waals surface area contributed by atoms with Crippen LogP contribution in [0, 0.1) is 0 Å². The fourth-order valence-electron chi connectivity index (χ4n) is 1.93. The zero-order valence-electron chi connectivity index (χ0n) is 11.6. The van der Waals surface area contributed by atoms with Gasteiger partial charge in [0.15, 0.2) is 0 Å². The highest BCUT2D eigenvalue weighted by Crippen LogP contribution is 2.20. The quantitative estimate of drug-likeness (QED) is 0.834. The summed E-state index contributed by atoms with van der Waals surface area (Å²) in [5.41, 5.74) is 0.619. The Kier molecular flexibility index (Phi) is 4.81.